The minimum Gasteiger partial charge on any atom is -0.448 e. The van der Waals surface area contributed by atoms with E-state index in [1.54, 1.807) is 22.0 Å². The second-order valence-electron chi connectivity index (χ2n) is 8.02. The van der Waals surface area contributed by atoms with E-state index in [9.17, 15) is 9.90 Å². The van der Waals surface area contributed by atoms with Crippen molar-refractivity contribution < 1.29 is 14.6 Å². The van der Waals surface area contributed by atoms with Crippen LogP contribution in [0.1, 0.15) is 29.9 Å². The number of aromatic nitrogens is 3. The van der Waals surface area contributed by atoms with Crippen LogP contribution in [0.3, 0.4) is 0 Å². The molecule has 0 saturated carbocycles. The Morgan fingerprint density at radius 2 is 1.70 bits per heavy atom. The van der Waals surface area contributed by atoms with Gasteiger partial charge in [-0.05, 0) is 35.1 Å². The Kier molecular flexibility index (Phi) is 4.75. The fourth-order valence-corrected chi connectivity index (χ4v) is 4.71. The number of hydrogen-bond donors (Lipinski definition) is 1. The molecule has 2 aliphatic rings. The molecule has 3 aromatic rings. The van der Waals surface area contributed by atoms with E-state index in [1.165, 1.54) is 22.3 Å². The number of likely N-dealkylation sites (tertiary alicyclic amines) is 1. The van der Waals surface area contributed by atoms with Gasteiger partial charge >= 0.3 is 6.09 Å². The maximum absolute atomic E-state index is 12.8. The zero-order valence-corrected chi connectivity index (χ0v) is 16.6. The number of ether oxygens (including phenoxy) is 1. The summed E-state index contributed by atoms with van der Waals surface area (Å²) in [5.74, 6) is 0.0535. The van der Waals surface area contributed by atoms with E-state index >= 15 is 0 Å². The SMILES string of the molecule is O=C(OCC1c2ccccc2-c2ccccc21)N1CCC(CO)(n2ccnn2)CC1. The molecule has 154 valence electrons. The van der Waals surface area contributed by atoms with Crippen LogP contribution < -0.4 is 0 Å². The molecule has 30 heavy (non-hydrogen) atoms. The van der Waals surface area contributed by atoms with Gasteiger partial charge in [0.15, 0.2) is 0 Å². The number of carbonyl (C=O) groups is 1. The third kappa shape index (κ3) is 3.06. The number of nitrogens with zero attached hydrogens (tertiary/aromatic N) is 4. The number of aliphatic hydroxyl groups is 1. The lowest BCUT2D eigenvalue weighted by molar-refractivity contribution is 0.0322. The summed E-state index contributed by atoms with van der Waals surface area (Å²) in [7, 11) is 0. The molecule has 7 heteroatoms. The summed E-state index contributed by atoms with van der Waals surface area (Å²) < 4.78 is 7.47. The van der Waals surface area contributed by atoms with Crippen molar-refractivity contribution in [3.8, 4) is 11.1 Å². The standard InChI is InChI=1S/C23H24N4O3/c28-16-23(27-14-11-24-25-27)9-12-26(13-10-23)22(29)30-15-21-19-7-3-1-5-17(19)18-6-2-4-8-20(18)21/h1-8,11,14,21,28H,9-10,12-13,15-16H2. The third-order valence-electron chi connectivity index (χ3n) is 6.49. The summed E-state index contributed by atoms with van der Waals surface area (Å²) in [6, 6.07) is 16.6. The topological polar surface area (TPSA) is 80.5 Å². The van der Waals surface area contributed by atoms with Crippen LogP contribution in [0.4, 0.5) is 4.79 Å². The van der Waals surface area contributed by atoms with Crippen molar-refractivity contribution in [2.24, 2.45) is 0 Å². The first-order valence-electron chi connectivity index (χ1n) is 10.3. The number of rotatable bonds is 4. The van der Waals surface area contributed by atoms with Gasteiger partial charge in [-0.2, -0.15) is 0 Å². The molecule has 1 fully saturated rings. The zero-order valence-electron chi connectivity index (χ0n) is 16.6. The van der Waals surface area contributed by atoms with Crippen LogP contribution in [-0.4, -0.2) is 57.4 Å². The molecule has 0 atom stereocenters. The first-order chi connectivity index (χ1) is 14.7. The number of amides is 1. The first kappa shape index (κ1) is 18.8. The van der Waals surface area contributed by atoms with Gasteiger partial charge in [0, 0.05) is 25.2 Å². The molecule has 0 bridgehead atoms. The Labute approximate surface area is 174 Å². The van der Waals surface area contributed by atoms with Crippen LogP contribution in [-0.2, 0) is 10.3 Å². The molecule has 1 aliphatic carbocycles. The lowest BCUT2D eigenvalue weighted by Gasteiger charge is -2.40. The largest absolute Gasteiger partial charge is 0.448 e. The zero-order chi connectivity index (χ0) is 20.6. The fraction of sp³-hybridized carbons (Fsp3) is 0.348. The Morgan fingerprint density at radius 3 is 2.27 bits per heavy atom. The number of fused-ring (bicyclic) bond motifs is 3. The van der Waals surface area contributed by atoms with Crippen molar-refractivity contribution in [2.75, 3.05) is 26.3 Å². The highest BCUT2D eigenvalue weighted by atomic mass is 16.6. The van der Waals surface area contributed by atoms with Crippen molar-refractivity contribution >= 4 is 6.09 Å². The van der Waals surface area contributed by atoms with Gasteiger partial charge in [0.1, 0.15) is 6.61 Å². The number of aliphatic hydroxyl groups excluding tert-OH is 1. The van der Waals surface area contributed by atoms with E-state index in [2.05, 4.69) is 34.6 Å². The maximum atomic E-state index is 12.8. The fourth-order valence-electron chi connectivity index (χ4n) is 4.71. The Hall–Kier alpha value is -3.19. The molecule has 1 aromatic heterocycles. The Morgan fingerprint density at radius 1 is 1.07 bits per heavy atom. The summed E-state index contributed by atoms with van der Waals surface area (Å²) in [6.45, 7) is 1.31. The van der Waals surface area contributed by atoms with Gasteiger partial charge in [0.25, 0.3) is 0 Å². The maximum Gasteiger partial charge on any atom is 0.409 e. The van der Waals surface area contributed by atoms with Crippen molar-refractivity contribution in [3.05, 3.63) is 72.1 Å². The summed E-state index contributed by atoms with van der Waals surface area (Å²) in [6.07, 6.45) is 4.28. The molecule has 0 spiro atoms. The van der Waals surface area contributed by atoms with Crippen LogP contribution in [0.2, 0.25) is 0 Å². The van der Waals surface area contributed by atoms with Gasteiger partial charge in [-0.3, -0.25) is 0 Å². The van der Waals surface area contributed by atoms with Crippen molar-refractivity contribution in [2.45, 2.75) is 24.3 Å². The molecule has 2 aromatic carbocycles. The molecule has 0 unspecified atom stereocenters. The average molecular weight is 404 g/mol. The van der Waals surface area contributed by atoms with Crippen molar-refractivity contribution in [1.82, 2.24) is 19.9 Å². The van der Waals surface area contributed by atoms with Crippen LogP contribution in [0.15, 0.2) is 60.9 Å². The first-order valence-corrected chi connectivity index (χ1v) is 10.3. The molecular weight excluding hydrogens is 380 g/mol. The van der Waals surface area contributed by atoms with Crippen molar-refractivity contribution in [3.63, 3.8) is 0 Å². The number of hydrogen-bond acceptors (Lipinski definition) is 5. The third-order valence-corrected chi connectivity index (χ3v) is 6.49. The molecule has 7 nitrogen and oxygen atoms in total. The van der Waals surface area contributed by atoms with E-state index in [-0.39, 0.29) is 18.6 Å². The van der Waals surface area contributed by atoms with E-state index in [0.717, 1.165) is 0 Å². The second kappa shape index (κ2) is 7.57. The Bertz CT molecular complexity index is 997. The molecule has 2 heterocycles. The van der Waals surface area contributed by atoms with Crippen LogP contribution in [0.5, 0.6) is 0 Å². The number of carbonyl (C=O) groups excluding carboxylic acids is 1. The summed E-state index contributed by atoms with van der Waals surface area (Å²) >= 11 is 0. The average Bonchev–Trinajstić information content (AvgIpc) is 3.45. The molecule has 5 rings (SSSR count). The molecular formula is C23H24N4O3. The van der Waals surface area contributed by atoms with E-state index in [1.807, 2.05) is 24.3 Å². The molecule has 1 saturated heterocycles. The van der Waals surface area contributed by atoms with Gasteiger partial charge in [0.2, 0.25) is 0 Å². The lowest BCUT2D eigenvalue weighted by Crippen LogP contribution is -2.50. The van der Waals surface area contributed by atoms with Gasteiger partial charge in [-0.1, -0.05) is 53.7 Å². The lowest BCUT2D eigenvalue weighted by atomic mass is 9.88. The van der Waals surface area contributed by atoms with E-state index in [4.69, 9.17) is 4.74 Å². The van der Waals surface area contributed by atoms with Gasteiger partial charge < -0.3 is 14.7 Å². The van der Waals surface area contributed by atoms with Gasteiger partial charge in [0.05, 0.1) is 18.3 Å². The molecule has 0 radical (unpaired) electrons. The minimum atomic E-state index is -0.503. The summed E-state index contributed by atoms with van der Waals surface area (Å²) in [5.41, 5.74) is 4.34. The van der Waals surface area contributed by atoms with Crippen LogP contribution in [0.25, 0.3) is 11.1 Å². The van der Waals surface area contributed by atoms with Crippen LogP contribution in [0, 0.1) is 0 Å². The molecule has 1 aliphatic heterocycles. The highest BCUT2D eigenvalue weighted by molar-refractivity contribution is 5.79. The number of piperidine rings is 1. The van der Waals surface area contributed by atoms with E-state index in [0.29, 0.717) is 32.5 Å². The van der Waals surface area contributed by atoms with Gasteiger partial charge in [-0.25, -0.2) is 9.48 Å². The Balaban J connectivity index is 1.25. The number of benzene rings is 2. The van der Waals surface area contributed by atoms with Gasteiger partial charge in [-0.15, -0.1) is 5.10 Å². The quantitative estimate of drug-likeness (QED) is 0.723. The monoisotopic (exact) mass is 404 g/mol. The molecule has 1 N–H and O–H groups in total. The van der Waals surface area contributed by atoms with Crippen molar-refractivity contribution in [1.29, 1.82) is 0 Å². The molecule has 1 amide bonds. The van der Waals surface area contributed by atoms with E-state index < -0.39 is 5.54 Å². The normalized spacial score (nSPS) is 17.4. The summed E-state index contributed by atoms with van der Waals surface area (Å²) in [5, 5.41) is 17.9. The summed E-state index contributed by atoms with van der Waals surface area (Å²) in [4.78, 5) is 14.5. The second-order valence-corrected chi connectivity index (χ2v) is 8.02. The smallest absolute Gasteiger partial charge is 0.409 e. The minimum absolute atomic E-state index is 0.0328. The predicted octanol–water partition coefficient (Wildman–Crippen LogP) is 3.01. The van der Waals surface area contributed by atoms with Crippen LogP contribution >= 0.6 is 0 Å². The highest BCUT2D eigenvalue weighted by Gasteiger charge is 2.38. The predicted molar refractivity (Wildman–Crippen MR) is 111 cm³/mol. The highest BCUT2D eigenvalue weighted by Crippen LogP contribution is 2.44.